The molecule has 0 aliphatic carbocycles. The predicted molar refractivity (Wildman–Crippen MR) is 97.8 cm³/mol. The smallest absolute Gasteiger partial charge is 0.265 e. The van der Waals surface area contributed by atoms with Crippen molar-refractivity contribution in [3.8, 4) is 11.5 Å². The van der Waals surface area contributed by atoms with Gasteiger partial charge in [0.1, 0.15) is 11.5 Å². The van der Waals surface area contributed by atoms with Crippen LogP contribution in [-0.2, 0) is 4.79 Å². The summed E-state index contributed by atoms with van der Waals surface area (Å²) in [5, 5.41) is 3.64. The fourth-order valence-corrected chi connectivity index (χ4v) is 2.57. The Labute approximate surface area is 155 Å². The third-order valence-electron chi connectivity index (χ3n) is 3.27. The number of carbonyl (C=O) groups is 1. The topological polar surface area (TPSA) is 47.6 Å². The summed E-state index contributed by atoms with van der Waals surface area (Å²) in [5.41, 5.74) is 0.382. The zero-order chi connectivity index (χ0) is 17.7. The van der Waals surface area contributed by atoms with E-state index in [4.69, 9.17) is 44.3 Å². The average molecular weight is 389 g/mol. The molecule has 0 saturated heterocycles. The lowest BCUT2D eigenvalue weighted by atomic mass is 10.2. The normalized spacial score (nSPS) is 11.7. The molecule has 2 aromatic rings. The molecule has 7 heteroatoms. The van der Waals surface area contributed by atoms with Crippen LogP contribution in [0.4, 0.5) is 5.69 Å². The zero-order valence-corrected chi connectivity index (χ0v) is 15.4. The SMILES string of the molecule is CC[C@@H](Oc1ccc(OC)cc1)C(=O)Nc1cc(Cl)c(Cl)cc1Cl. The number of hydrogen-bond acceptors (Lipinski definition) is 3. The number of halogens is 3. The van der Waals surface area contributed by atoms with E-state index in [0.717, 1.165) is 0 Å². The highest BCUT2D eigenvalue weighted by Gasteiger charge is 2.20. The first-order chi connectivity index (χ1) is 11.4. The van der Waals surface area contributed by atoms with Crippen LogP contribution >= 0.6 is 34.8 Å². The van der Waals surface area contributed by atoms with Crippen molar-refractivity contribution in [2.45, 2.75) is 19.4 Å². The number of amides is 1. The first-order valence-corrected chi connectivity index (χ1v) is 8.34. The van der Waals surface area contributed by atoms with Crippen molar-refractivity contribution in [3.05, 3.63) is 51.5 Å². The maximum atomic E-state index is 12.4. The van der Waals surface area contributed by atoms with Gasteiger partial charge in [0.2, 0.25) is 0 Å². The Morgan fingerprint density at radius 1 is 1.04 bits per heavy atom. The molecule has 0 bridgehead atoms. The van der Waals surface area contributed by atoms with E-state index < -0.39 is 6.10 Å². The number of carbonyl (C=O) groups excluding carboxylic acids is 1. The van der Waals surface area contributed by atoms with Crippen molar-refractivity contribution >= 4 is 46.4 Å². The fraction of sp³-hybridized carbons (Fsp3) is 0.235. The molecular weight excluding hydrogens is 373 g/mol. The van der Waals surface area contributed by atoms with Gasteiger partial charge < -0.3 is 14.8 Å². The van der Waals surface area contributed by atoms with Gasteiger partial charge in [-0.25, -0.2) is 0 Å². The molecule has 4 nitrogen and oxygen atoms in total. The van der Waals surface area contributed by atoms with Gasteiger partial charge in [0.25, 0.3) is 5.91 Å². The summed E-state index contributed by atoms with van der Waals surface area (Å²) in [6.45, 7) is 1.85. The van der Waals surface area contributed by atoms with Crippen molar-refractivity contribution in [2.75, 3.05) is 12.4 Å². The molecule has 0 aliphatic heterocycles. The van der Waals surface area contributed by atoms with Crippen LogP contribution in [0.15, 0.2) is 36.4 Å². The molecule has 2 aromatic carbocycles. The highest BCUT2D eigenvalue weighted by molar-refractivity contribution is 6.44. The summed E-state index contributed by atoms with van der Waals surface area (Å²) in [6.07, 6.45) is -0.194. The molecular formula is C17H16Cl3NO3. The largest absolute Gasteiger partial charge is 0.497 e. The van der Waals surface area contributed by atoms with Gasteiger partial charge in [-0.3, -0.25) is 4.79 Å². The Morgan fingerprint density at radius 3 is 2.21 bits per heavy atom. The Bertz CT molecular complexity index is 720. The third-order valence-corrected chi connectivity index (χ3v) is 4.30. The summed E-state index contributed by atoms with van der Waals surface area (Å²) in [5.74, 6) is 0.953. The third kappa shape index (κ3) is 4.69. The van der Waals surface area contributed by atoms with Gasteiger partial charge in [0.15, 0.2) is 6.10 Å². The number of nitrogens with one attached hydrogen (secondary N) is 1. The number of anilines is 1. The van der Waals surface area contributed by atoms with E-state index in [1.165, 1.54) is 12.1 Å². The van der Waals surface area contributed by atoms with Crippen molar-refractivity contribution in [2.24, 2.45) is 0 Å². The van der Waals surface area contributed by atoms with Crippen molar-refractivity contribution in [1.29, 1.82) is 0 Å². The quantitative estimate of drug-likeness (QED) is 0.669. The van der Waals surface area contributed by atoms with Gasteiger partial charge in [-0.2, -0.15) is 0 Å². The molecule has 2 rings (SSSR count). The van der Waals surface area contributed by atoms with Gasteiger partial charge in [0, 0.05) is 0 Å². The molecule has 0 spiro atoms. The molecule has 0 unspecified atom stereocenters. The van der Waals surface area contributed by atoms with E-state index in [-0.39, 0.29) is 5.91 Å². The molecule has 0 radical (unpaired) electrons. The first kappa shape index (κ1) is 18.7. The van der Waals surface area contributed by atoms with Crippen LogP contribution in [-0.4, -0.2) is 19.1 Å². The average Bonchev–Trinajstić information content (AvgIpc) is 2.58. The van der Waals surface area contributed by atoms with Crippen molar-refractivity contribution in [3.63, 3.8) is 0 Å². The second kappa shape index (κ2) is 8.47. The maximum Gasteiger partial charge on any atom is 0.265 e. The summed E-state index contributed by atoms with van der Waals surface area (Å²) in [7, 11) is 1.58. The number of rotatable bonds is 6. The Balaban J connectivity index is 2.09. The monoisotopic (exact) mass is 387 g/mol. The van der Waals surface area contributed by atoms with E-state index in [1.54, 1.807) is 31.4 Å². The highest BCUT2D eigenvalue weighted by atomic mass is 35.5. The van der Waals surface area contributed by atoms with Crippen LogP contribution in [0.2, 0.25) is 15.1 Å². The molecule has 0 aromatic heterocycles. The summed E-state index contributed by atoms with van der Waals surface area (Å²) < 4.78 is 10.8. The van der Waals surface area contributed by atoms with E-state index in [2.05, 4.69) is 5.32 Å². The second-order valence-corrected chi connectivity index (χ2v) is 6.15. The number of hydrogen-bond donors (Lipinski definition) is 1. The molecule has 0 fully saturated rings. The molecule has 0 heterocycles. The number of ether oxygens (including phenoxy) is 2. The second-order valence-electron chi connectivity index (χ2n) is 4.93. The maximum absolute atomic E-state index is 12.4. The van der Waals surface area contributed by atoms with Gasteiger partial charge in [-0.05, 0) is 42.8 Å². The van der Waals surface area contributed by atoms with Gasteiger partial charge in [-0.15, -0.1) is 0 Å². The number of benzene rings is 2. The first-order valence-electron chi connectivity index (χ1n) is 7.20. The Morgan fingerprint density at radius 2 is 1.62 bits per heavy atom. The summed E-state index contributed by atoms with van der Waals surface area (Å²) >= 11 is 17.9. The van der Waals surface area contributed by atoms with Crippen LogP contribution in [0.1, 0.15) is 13.3 Å². The zero-order valence-electron chi connectivity index (χ0n) is 13.1. The van der Waals surface area contributed by atoms with E-state index in [1.807, 2.05) is 6.92 Å². The fourth-order valence-electron chi connectivity index (χ4n) is 1.97. The molecule has 0 aliphatic rings. The lowest BCUT2D eigenvalue weighted by molar-refractivity contribution is -0.122. The van der Waals surface area contributed by atoms with Crippen LogP contribution in [0.25, 0.3) is 0 Å². The molecule has 24 heavy (non-hydrogen) atoms. The van der Waals surface area contributed by atoms with Gasteiger partial charge in [0.05, 0.1) is 27.9 Å². The van der Waals surface area contributed by atoms with Crippen molar-refractivity contribution < 1.29 is 14.3 Å². The number of methoxy groups -OCH3 is 1. The van der Waals surface area contributed by atoms with Crippen LogP contribution in [0.5, 0.6) is 11.5 Å². The minimum atomic E-state index is -0.677. The van der Waals surface area contributed by atoms with Gasteiger partial charge >= 0.3 is 0 Å². The molecule has 128 valence electrons. The molecule has 1 N–H and O–H groups in total. The summed E-state index contributed by atoms with van der Waals surface area (Å²) in [6, 6.07) is 9.98. The molecule has 1 amide bonds. The van der Waals surface area contributed by atoms with Crippen molar-refractivity contribution in [1.82, 2.24) is 0 Å². The van der Waals surface area contributed by atoms with E-state index in [9.17, 15) is 4.79 Å². The minimum absolute atomic E-state index is 0.303. The van der Waals surface area contributed by atoms with E-state index in [0.29, 0.717) is 38.7 Å². The van der Waals surface area contributed by atoms with Crippen LogP contribution in [0, 0.1) is 0 Å². The van der Waals surface area contributed by atoms with Crippen LogP contribution in [0.3, 0.4) is 0 Å². The Kier molecular flexibility index (Phi) is 6.60. The predicted octanol–water partition coefficient (Wildman–Crippen LogP) is 5.45. The standard InChI is InChI=1S/C17H16Cl3NO3/c1-3-16(24-11-6-4-10(23-2)5-7-11)17(22)21-15-9-13(19)12(18)8-14(15)20/h4-9,16H,3H2,1-2H3,(H,21,22)/t16-/m1/s1. The van der Waals surface area contributed by atoms with E-state index >= 15 is 0 Å². The minimum Gasteiger partial charge on any atom is -0.497 e. The van der Waals surface area contributed by atoms with Crippen LogP contribution < -0.4 is 14.8 Å². The molecule has 0 saturated carbocycles. The molecule has 1 atom stereocenters. The lowest BCUT2D eigenvalue weighted by Crippen LogP contribution is -2.32. The lowest BCUT2D eigenvalue weighted by Gasteiger charge is -2.18. The highest BCUT2D eigenvalue weighted by Crippen LogP contribution is 2.32. The van der Waals surface area contributed by atoms with Gasteiger partial charge in [-0.1, -0.05) is 41.7 Å². The Hall–Kier alpha value is -1.62. The summed E-state index contributed by atoms with van der Waals surface area (Å²) in [4.78, 5) is 12.4.